The lowest BCUT2D eigenvalue weighted by Gasteiger charge is -2.19. The number of anilines is 1. The van der Waals surface area contributed by atoms with Crippen molar-refractivity contribution in [2.24, 2.45) is 0 Å². The topological polar surface area (TPSA) is 68.5 Å². The molecule has 1 aromatic carbocycles. The molecule has 6 heteroatoms. The van der Waals surface area contributed by atoms with Gasteiger partial charge < -0.3 is 9.64 Å². The summed E-state index contributed by atoms with van der Waals surface area (Å²) in [6, 6.07) is 11.2. The highest BCUT2D eigenvalue weighted by Crippen LogP contribution is 2.20. The van der Waals surface area contributed by atoms with Crippen LogP contribution in [-0.2, 0) is 0 Å². The highest BCUT2D eigenvalue weighted by atomic mass is 16.6. The van der Waals surface area contributed by atoms with Gasteiger partial charge >= 0.3 is 0 Å². The molecule has 0 N–H and O–H groups in total. The van der Waals surface area contributed by atoms with Gasteiger partial charge in [-0.25, -0.2) is 4.98 Å². The Labute approximate surface area is 129 Å². The average molecular weight is 301 g/mol. The van der Waals surface area contributed by atoms with Crippen LogP contribution in [0.15, 0.2) is 42.6 Å². The number of hydrogen-bond donors (Lipinski definition) is 0. The minimum Gasteiger partial charge on any atom is -0.494 e. The number of benzene rings is 1. The third-order valence-electron chi connectivity index (χ3n) is 3.26. The second-order valence-corrected chi connectivity index (χ2v) is 5.03. The Kier molecular flexibility index (Phi) is 5.30. The molecule has 0 amide bonds. The molecule has 0 radical (unpaired) electrons. The Bertz CT molecular complexity index is 632. The summed E-state index contributed by atoms with van der Waals surface area (Å²) in [5.74, 6) is 1.61. The molecule has 0 spiro atoms. The third-order valence-corrected chi connectivity index (χ3v) is 3.26. The van der Waals surface area contributed by atoms with Gasteiger partial charge in [0.1, 0.15) is 17.8 Å². The molecule has 0 atom stereocenters. The summed E-state index contributed by atoms with van der Waals surface area (Å²) in [5, 5.41) is 10.7. The summed E-state index contributed by atoms with van der Waals surface area (Å²) in [4.78, 5) is 16.4. The van der Waals surface area contributed by atoms with Crippen molar-refractivity contribution in [1.82, 2.24) is 4.98 Å². The van der Waals surface area contributed by atoms with Gasteiger partial charge in [-0.15, -0.1) is 0 Å². The first-order valence-corrected chi connectivity index (χ1v) is 7.08. The van der Waals surface area contributed by atoms with Crippen molar-refractivity contribution in [3.8, 4) is 5.75 Å². The molecule has 0 aliphatic carbocycles. The smallest absolute Gasteiger partial charge is 0.287 e. The molecule has 0 unspecified atom stereocenters. The number of nitrogens with zero attached hydrogens (tertiary/aromatic N) is 3. The van der Waals surface area contributed by atoms with Crippen LogP contribution in [0.1, 0.15) is 12.0 Å². The number of aryl methyl sites for hydroxylation is 1. The molecule has 1 aromatic heterocycles. The van der Waals surface area contributed by atoms with E-state index in [4.69, 9.17) is 4.74 Å². The van der Waals surface area contributed by atoms with E-state index in [0.29, 0.717) is 6.61 Å². The first-order chi connectivity index (χ1) is 10.6. The average Bonchev–Trinajstić information content (AvgIpc) is 2.52. The third kappa shape index (κ3) is 4.18. The van der Waals surface area contributed by atoms with Crippen LogP contribution in [0.2, 0.25) is 0 Å². The molecule has 0 saturated carbocycles. The van der Waals surface area contributed by atoms with E-state index in [0.717, 1.165) is 30.1 Å². The maximum absolute atomic E-state index is 10.7. The van der Waals surface area contributed by atoms with Gasteiger partial charge in [0, 0.05) is 19.7 Å². The van der Waals surface area contributed by atoms with Gasteiger partial charge in [0.05, 0.1) is 11.5 Å². The Balaban J connectivity index is 1.84. The van der Waals surface area contributed by atoms with Gasteiger partial charge in [-0.1, -0.05) is 18.2 Å². The molecule has 6 nitrogen and oxygen atoms in total. The lowest BCUT2D eigenvalue weighted by Crippen LogP contribution is -2.22. The highest BCUT2D eigenvalue weighted by molar-refractivity contribution is 5.49. The number of ether oxygens (including phenoxy) is 1. The first kappa shape index (κ1) is 15.8. The fourth-order valence-electron chi connectivity index (χ4n) is 2.17. The summed E-state index contributed by atoms with van der Waals surface area (Å²) in [5.41, 5.74) is 0.808. The molecule has 22 heavy (non-hydrogen) atoms. The fourth-order valence-corrected chi connectivity index (χ4v) is 2.17. The molecule has 0 saturated heterocycles. The molecule has 1 heterocycles. The zero-order chi connectivity index (χ0) is 15.9. The summed E-state index contributed by atoms with van der Waals surface area (Å²) in [6.07, 6.45) is 2.13. The van der Waals surface area contributed by atoms with E-state index in [-0.39, 0.29) is 5.69 Å². The van der Waals surface area contributed by atoms with Crippen molar-refractivity contribution >= 4 is 11.5 Å². The summed E-state index contributed by atoms with van der Waals surface area (Å²) >= 11 is 0. The van der Waals surface area contributed by atoms with Crippen LogP contribution in [0.5, 0.6) is 5.75 Å². The molecule has 0 aliphatic rings. The predicted molar refractivity (Wildman–Crippen MR) is 85.5 cm³/mol. The van der Waals surface area contributed by atoms with E-state index >= 15 is 0 Å². The van der Waals surface area contributed by atoms with E-state index in [1.54, 1.807) is 6.07 Å². The second kappa shape index (κ2) is 7.40. The van der Waals surface area contributed by atoms with E-state index in [9.17, 15) is 10.1 Å². The molecule has 0 aliphatic heterocycles. The zero-order valence-corrected chi connectivity index (χ0v) is 12.7. The Hall–Kier alpha value is -2.63. The standard InChI is InChI=1S/C16H19N3O3/c1-13-11-14(19(20)21)12-17-16(13)18(2)9-6-10-22-15-7-4-3-5-8-15/h3-5,7-8,11-12H,6,9-10H2,1-2H3. The van der Waals surface area contributed by atoms with Gasteiger partial charge in [0.25, 0.3) is 5.69 Å². The monoisotopic (exact) mass is 301 g/mol. The minimum absolute atomic E-state index is 0.0158. The van der Waals surface area contributed by atoms with Crippen LogP contribution >= 0.6 is 0 Å². The summed E-state index contributed by atoms with van der Waals surface area (Å²) < 4.78 is 5.64. The maximum atomic E-state index is 10.7. The van der Waals surface area contributed by atoms with Crippen molar-refractivity contribution in [3.63, 3.8) is 0 Å². The van der Waals surface area contributed by atoms with Crippen LogP contribution in [0.25, 0.3) is 0 Å². The van der Waals surface area contributed by atoms with Crippen LogP contribution in [-0.4, -0.2) is 30.1 Å². The van der Waals surface area contributed by atoms with Crippen LogP contribution in [0.3, 0.4) is 0 Å². The van der Waals surface area contributed by atoms with Crippen LogP contribution < -0.4 is 9.64 Å². The van der Waals surface area contributed by atoms with E-state index in [1.165, 1.54) is 6.20 Å². The lowest BCUT2D eigenvalue weighted by atomic mass is 10.2. The molecule has 2 aromatic rings. The predicted octanol–water partition coefficient (Wildman–Crippen LogP) is 3.20. The van der Waals surface area contributed by atoms with Gasteiger partial charge in [0.15, 0.2) is 0 Å². The first-order valence-electron chi connectivity index (χ1n) is 7.08. The lowest BCUT2D eigenvalue weighted by molar-refractivity contribution is -0.385. The fraction of sp³-hybridized carbons (Fsp3) is 0.312. The number of hydrogen-bond acceptors (Lipinski definition) is 5. The molecule has 2 rings (SSSR count). The second-order valence-electron chi connectivity index (χ2n) is 5.03. The normalized spacial score (nSPS) is 10.3. The number of pyridine rings is 1. The van der Waals surface area contributed by atoms with Crippen molar-refractivity contribution < 1.29 is 9.66 Å². The van der Waals surface area contributed by atoms with E-state index < -0.39 is 4.92 Å². The minimum atomic E-state index is -0.433. The van der Waals surface area contributed by atoms with Gasteiger partial charge in [-0.05, 0) is 31.0 Å². The molecular formula is C16H19N3O3. The van der Waals surface area contributed by atoms with Crippen molar-refractivity contribution in [2.75, 3.05) is 25.1 Å². The molecule has 0 fully saturated rings. The van der Waals surface area contributed by atoms with Crippen molar-refractivity contribution in [3.05, 3.63) is 58.3 Å². The van der Waals surface area contributed by atoms with Crippen molar-refractivity contribution in [2.45, 2.75) is 13.3 Å². The Morgan fingerprint density at radius 2 is 2.05 bits per heavy atom. The van der Waals surface area contributed by atoms with Crippen LogP contribution in [0.4, 0.5) is 11.5 Å². The number of aromatic nitrogens is 1. The number of nitro groups is 1. The van der Waals surface area contributed by atoms with Crippen molar-refractivity contribution in [1.29, 1.82) is 0 Å². The number of para-hydroxylation sites is 1. The molecule has 0 bridgehead atoms. The highest BCUT2D eigenvalue weighted by Gasteiger charge is 2.12. The van der Waals surface area contributed by atoms with Gasteiger partial charge in [-0.2, -0.15) is 0 Å². The largest absolute Gasteiger partial charge is 0.494 e. The summed E-state index contributed by atoms with van der Waals surface area (Å²) in [7, 11) is 1.92. The zero-order valence-electron chi connectivity index (χ0n) is 12.7. The molecule has 116 valence electrons. The Morgan fingerprint density at radius 1 is 1.32 bits per heavy atom. The quantitative estimate of drug-likeness (QED) is 0.446. The maximum Gasteiger partial charge on any atom is 0.287 e. The Morgan fingerprint density at radius 3 is 2.68 bits per heavy atom. The van der Waals surface area contributed by atoms with E-state index in [2.05, 4.69) is 4.98 Å². The number of rotatable bonds is 7. The van der Waals surface area contributed by atoms with Gasteiger partial charge in [-0.3, -0.25) is 10.1 Å². The van der Waals surface area contributed by atoms with E-state index in [1.807, 2.05) is 49.2 Å². The molecular weight excluding hydrogens is 282 g/mol. The van der Waals surface area contributed by atoms with Crippen LogP contribution in [0, 0.1) is 17.0 Å². The SMILES string of the molecule is Cc1cc([N+](=O)[O-])cnc1N(C)CCCOc1ccccc1. The van der Waals surface area contributed by atoms with Gasteiger partial charge in [0.2, 0.25) is 0 Å². The summed E-state index contributed by atoms with van der Waals surface area (Å²) in [6.45, 7) is 3.20.